The first-order chi connectivity index (χ1) is 6.91. The lowest BCUT2D eigenvalue weighted by Gasteiger charge is -2.31. The predicted octanol–water partition coefficient (Wildman–Crippen LogP) is 2.67. The fraction of sp³-hybridized carbons (Fsp3) is 0.538. The average molecular weight is 205 g/mol. The normalized spacial score (nSPS) is 33.3. The van der Waals surface area contributed by atoms with Gasteiger partial charge in [0.15, 0.2) is 0 Å². The molecule has 0 aromatic carbocycles. The molecular formula is C13H19NO. The smallest absolute Gasteiger partial charge is 0.121 e. The van der Waals surface area contributed by atoms with Crippen LogP contribution in [-0.2, 0) is 4.74 Å². The zero-order chi connectivity index (χ0) is 11.1. The van der Waals surface area contributed by atoms with Gasteiger partial charge in [-0.1, -0.05) is 18.2 Å². The summed E-state index contributed by atoms with van der Waals surface area (Å²) in [5, 5.41) is 0. The fourth-order valence-electron chi connectivity index (χ4n) is 2.03. The van der Waals surface area contributed by atoms with Crippen molar-refractivity contribution in [1.29, 1.82) is 0 Å². The van der Waals surface area contributed by atoms with Gasteiger partial charge < -0.3 is 10.5 Å². The molecule has 2 aliphatic rings. The van der Waals surface area contributed by atoms with E-state index >= 15 is 0 Å². The molecule has 15 heavy (non-hydrogen) atoms. The SMILES string of the molecule is CC1(C)CC=C(C2=CC=CCC2(C)N)O1. The number of ether oxygens (including phenoxy) is 1. The van der Waals surface area contributed by atoms with Gasteiger partial charge in [-0.05, 0) is 33.3 Å². The van der Waals surface area contributed by atoms with Crippen LogP contribution in [0.5, 0.6) is 0 Å². The zero-order valence-corrected chi connectivity index (χ0v) is 9.71. The van der Waals surface area contributed by atoms with Crippen molar-refractivity contribution in [2.24, 2.45) is 5.73 Å². The topological polar surface area (TPSA) is 35.2 Å². The van der Waals surface area contributed by atoms with E-state index in [0.717, 1.165) is 24.2 Å². The van der Waals surface area contributed by atoms with Gasteiger partial charge in [0, 0.05) is 17.5 Å². The highest BCUT2D eigenvalue weighted by molar-refractivity contribution is 5.42. The van der Waals surface area contributed by atoms with Crippen molar-refractivity contribution in [1.82, 2.24) is 0 Å². The highest BCUT2D eigenvalue weighted by Crippen LogP contribution is 2.37. The average Bonchev–Trinajstić information content (AvgIpc) is 2.45. The molecule has 0 bridgehead atoms. The summed E-state index contributed by atoms with van der Waals surface area (Å²) >= 11 is 0. The molecule has 2 heteroatoms. The third-order valence-electron chi connectivity index (χ3n) is 2.99. The van der Waals surface area contributed by atoms with Crippen molar-refractivity contribution in [3.63, 3.8) is 0 Å². The van der Waals surface area contributed by atoms with Gasteiger partial charge in [0.25, 0.3) is 0 Å². The van der Waals surface area contributed by atoms with E-state index in [9.17, 15) is 0 Å². The summed E-state index contributed by atoms with van der Waals surface area (Å²) in [6.07, 6.45) is 10.2. The quantitative estimate of drug-likeness (QED) is 0.714. The lowest BCUT2D eigenvalue weighted by molar-refractivity contribution is 0.0635. The van der Waals surface area contributed by atoms with Crippen LogP contribution in [0.15, 0.2) is 35.6 Å². The van der Waals surface area contributed by atoms with E-state index < -0.39 is 0 Å². The van der Waals surface area contributed by atoms with Crippen molar-refractivity contribution in [2.75, 3.05) is 0 Å². The molecule has 2 nitrogen and oxygen atoms in total. The van der Waals surface area contributed by atoms with Gasteiger partial charge in [-0.2, -0.15) is 0 Å². The van der Waals surface area contributed by atoms with Crippen LogP contribution in [0.3, 0.4) is 0 Å². The van der Waals surface area contributed by atoms with Crippen molar-refractivity contribution in [2.45, 2.75) is 44.8 Å². The molecule has 1 heterocycles. The van der Waals surface area contributed by atoms with E-state index in [1.807, 2.05) is 0 Å². The molecule has 2 N–H and O–H groups in total. The molecule has 82 valence electrons. The van der Waals surface area contributed by atoms with Crippen LogP contribution >= 0.6 is 0 Å². The Morgan fingerprint density at radius 3 is 2.53 bits per heavy atom. The molecule has 0 amide bonds. The van der Waals surface area contributed by atoms with Crippen LogP contribution in [0.25, 0.3) is 0 Å². The second-order valence-electron chi connectivity index (χ2n) is 5.26. The first-order valence-electron chi connectivity index (χ1n) is 5.46. The van der Waals surface area contributed by atoms with E-state index in [2.05, 4.69) is 45.1 Å². The van der Waals surface area contributed by atoms with E-state index in [1.165, 1.54) is 0 Å². The maximum Gasteiger partial charge on any atom is 0.121 e. The molecular weight excluding hydrogens is 186 g/mol. The van der Waals surface area contributed by atoms with Gasteiger partial charge in [0.2, 0.25) is 0 Å². The molecule has 1 atom stereocenters. The van der Waals surface area contributed by atoms with Gasteiger partial charge in [0.05, 0.1) is 0 Å². The standard InChI is InChI=1S/C13H19NO/c1-12(2)9-7-11(15-12)10-6-4-5-8-13(10,3)14/h4-7H,8-9,14H2,1-3H3. The van der Waals surface area contributed by atoms with Crippen LogP contribution in [0.1, 0.15) is 33.6 Å². The lowest BCUT2D eigenvalue weighted by Crippen LogP contribution is -2.40. The highest BCUT2D eigenvalue weighted by Gasteiger charge is 2.34. The Hall–Kier alpha value is -1.02. The van der Waals surface area contributed by atoms with Gasteiger partial charge in [-0.3, -0.25) is 0 Å². The monoisotopic (exact) mass is 205 g/mol. The summed E-state index contributed by atoms with van der Waals surface area (Å²) < 4.78 is 5.90. The Kier molecular flexibility index (Phi) is 2.27. The van der Waals surface area contributed by atoms with Crippen molar-refractivity contribution >= 4 is 0 Å². The van der Waals surface area contributed by atoms with Crippen LogP contribution in [0.2, 0.25) is 0 Å². The number of hydrogen-bond donors (Lipinski definition) is 1. The molecule has 0 fully saturated rings. The van der Waals surface area contributed by atoms with E-state index in [4.69, 9.17) is 10.5 Å². The van der Waals surface area contributed by atoms with Gasteiger partial charge in [-0.15, -0.1) is 0 Å². The number of rotatable bonds is 1. The largest absolute Gasteiger partial charge is 0.488 e. The van der Waals surface area contributed by atoms with E-state index in [0.29, 0.717) is 0 Å². The van der Waals surface area contributed by atoms with E-state index in [-0.39, 0.29) is 11.1 Å². The first kappa shape index (κ1) is 10.5. The summed E-state index contributed by atoms with van der Waals surface area (Å²) in [6.45, 7) is 6.25. The molecule has 1 aliphatic carbocycles. The number of hydrogen-bond acceptors (Lipinski definition) is 2. The minimum absolute atomic E-state index is 0.0760. The second-order valence-corrected chi connectivity index (χ2v) is 5.26. The Morgan fingerprint density at radius 2 is 2.00 bits per heavy atom. The summed E-state index contributed by atoms with van der Waals surface area (Å²) in [5.41, 5.74) is 7.00. The van der Waals surface area contributed by atoms with Crippen LogP contribution < -0.4 is 5.73 Å². The maximum absolute atomic E-state index is 6.25. The Bertz CT molecular complexity index is 359. The first-order valence-corrected chi connectivity index (χ1v) is 5.46. The van der Waals surface area contributed by atoms with Crippen LogP contribution in [-0.4, -0.2) is 11.1 Å². The van der Waals surface area contributed by atoms with Gasteiger partial charge in [-0.25, -0.2) is 0 Å². The fourth-order valence-corrected chi connectivity index (χ4v) is 2.03. The Balaban J connectivity index is 2.25. The third kappa shape index (κ3) is 2.00. The molecule has 0 aromatic heterocycles. The Morgan fingerprint density at radius 1 is 1.27 bits per heavy atom. The molecule has 0 radical (unpaired) electrons. The minimum atomic E-state index is -0.291. The van der Waals surface area contributed by atoms with Crippen molar-refractivity contribution in [3.05, 3.63) is 35.6 Å². The third-order valence-corrected chi connectivity index (χ3v) is 2.99. The molecule has 0 spiro atoms. The molecule has 1 aliphatic heterocycles. The number of nitrogens with two attached hydrogens (primary N) is 1. The van der Waals surface area contributed by atoms with Crippen molar-refractivity contribution < 1.29 is 4.74 Å². The maximum atomic E-state index is 6.25. The van der Waals surface area contributed by atoms with Crippen LogP contribution in [0.4, 0.5) is 0 Å². The molecule has 0 saturated heterocycles. The summed E-state index contributed by atoms with van der Waals surface area (Å²) in [7, 11) is 0. The Labute approximate surface area is 91.5 Å². The van der Waals surface area contributed by atoms with Crippen LogP contribution in [0, 0.1) is 0 Å². The molecule has 2 rings (SSSR count). The number of allylic oxidation sites excluding steroid dienone is 2. The summed E-state index contributed by atoms with van der Waals surface area (Å²) in [4.78, 5) is 0. The zero-order valence-electron chi connectivity index (χ0n) is 9.71. The van der Waals surface area contributed by atoms with Crippen molar-refractivity contribution in [3.8, 4) is 0 Å². The highest BCUT2D eigenvalue weighted by atomic mass is 16.5. The molecule has 0 aromatic rings. The molecule has 0 saturated carbocycles. The van der Waals surface area contributed by atoms with Gasteiger partial charge >= 0.3 is 0 Å². The molecule has 1 unspecified atom stereocenters. The van der Waals surface area contributed by atoms with Gasteiger partial charge in [0.1, 0.15) is 11.4 Å². The second kappa shape index (κ2) is 3.24. The lowest BCUT2D eigenvalue weighted by atomic mass is 9.84. The predicted molar refractivity (Wildman–Crippen MR) is 62.3 cm³/mol. The minimum Gasteiger partial charge on any atom is -0.488 e. The summed E-state index contributed by atoms with van der Waals surface area (Å²) in [5.74, 6) is 0.967. The van der Waals surface area contributed by atoms with E-state index in [1.54, 1.807) is 0 Å². The summed E-state index contributed by atoms with van der Waals surface area (Å²) in [6, 6.07) is 0.